The first-order valence-electron chi connectivity index (χ1n) is 4.38. The molecule has 0 unspecified atom stereocenters. The minimum absolute atomic E-state index is 0.369. The number of carboxylic acid groups (broad SMARTS) is 1. The van der Waals surface area contributed by atoms with Gasteiger partial charge < -0.3 is 5.11 Å². The Morgan fingerprint density at radius 1 is 1.62 bits per heavy atom. The van der Waals surface area contributed by atoms with Crippen molar-refractivity contribution >= 4 is 5.97 Å². The Balaban J connectivity index is 2.47. The van der Waals surface area contributed by atoms with Crippen LogP contribution in [-0.2, 0) is 0 Å². The largest absolute Gasteiger partial charge is 0.478 e. The van der Waals surface area contributed by atoms with E-state index in [4.69, 9.17) is 5.11 Å². The van der Waals surface area contributed by atoms with Gasteiger partial charge in [-0.25, -0.2) is 4.79 Å². The predicted octanol–water partition coefficient (Wildman–Crippen LogP) is 1.97. The standard InChI is InChI=1S/C10H11NO2/c1-6-4-8(7-2-3-7)9(5-11-6)10(12)13/h4-5,7H,2-3H2,1H3,(H,12,13). The molecule has 3 heteroatoms. The third-order valence-electron chi connectivity index (χ3n) is 2.32. The maximum Gasteiger partial charge on any atom is 0.337 e. The Morgan fingerprint density at radius 3 is 2.85 bits per heavy atom. The van der Waals surface area contributed by atoms with Crippen molar-refractivity contribution in [2.45, 2.75) is 25.7 Å². The van der Waals surface area contributed by atoms with Gasteiger partial charge in [0.1, 0.15) is 0 Å². The topological polar surface area (TPSA) is 50.2 Å². The maximum atomic E-state index is 10.8. The lowest BCUT2D eigenvalue weighted by Crippen LogP contribution is -2.03. The monoisotopic (exact) mass is 177 g/mol. The summed E-state index contributed by atoms with van der Waals surface area (Å²) in [7, 11) is 0. The fourth-order valence-electron chi connectivity index (χ4n) is 1.49. The van der Waals surface area contributed by atoms with Crippen molar-refractivity contribution in [2.24, 2.45) is 0 Å². The van der Waals surface area contributed by atoms with E-state index < -0.39 is 5.97 Å². The lowest BCUT2D eigenvalue weighted by atomic mass is 10.1. The summed E-state index contributed by atoms with van der Waals surface area (Å²) in [5.74, 6) is -0.401. The van der Waals surface area contributed by atoms with Crippen molar-refractivity contribution in [2.75, 3.05) is 0 Å². The van der Waals surface area contributed by atoms with E-state index in [-0.39, 0.29) is 0 Å². The van der Waals surface area contributed by atoms with Crippen molar-refractivity contribution < 1.29 is 9.90 Å². The molecule has 0 amide bonds. The third kappa shape index (κ3) is 1.54. The second-order valence-corrected chi connectivity index (χ2v) is 3.49. The van der Waals surface area contributed by atoms with Crippen molar-refractivity contribution in [3.8, 4) is 0 Å². The molecule has 1 N–H and O–H groups in total. The van der Waals surface area contributed by atoms with Gasteiger partial charge in [0.05, 0.1) is 5.56 Å². The van der Waals surface area contributed by atoms with E-state index in [2.05, 4.69) is 4.98 Å². The first-order chi connectivity index (χ1) is 6.18. The van der Waals surface area contributed by atoms with Crippen LogP contribution < -0.4 is 0 Å². The Bertz CT molecular complexity index is 356. The molecule has 0 atom stereocenters. The number of hydrogen-bond acceptors (Lipinski definition) is 2. The molecule has 0 radical (unpaired) electrons. The van der Waals surface area contributed by atoms with Crippen LogP contribution in [0.4, 0.5) is 0 Å². The van der Waals surface area contributed by atoms with Crippen LogP contribution in [0.2, 0.25) is 0 Å². The van der Waals surface area contributed by atoms with E-state index in [1.807, 2.05) is 13.0 Å². The molecular weight excluding hydrogens is 166 g/mol. The first kappa shape index (κ1) is 8.23. The minimum Gasteiger partial charge on any atom is -0.478 e. The van der Waals surface area contributed by atoms with Crippen molar-refractivity contribution in [3.63, 3.8) is 0 Å². The molecule has 0 aromatic carbocycles. The summed E-state index contributed by atoms with van der Waals surface area (Å²) in [6, 6.07) is 1.89. The van der Waals surface area contributed by atoms with Gasteiger partial charge in [-0.3, -0.25) is 4.98 Å². The van der Waals surface area contributed by atoms with E-state index in [0.717, 1.165) is 24.1 Å². The van der Waals surface area contributed by atoms with Crippen LogP contribution in [-0.4, -0.2) is 16.1 Å². The molecule has 1 aliphatic rings. The van der Waals surface area contributed by atoms with Crippen LogP contribution in [0.15, 0.2) is 12.3 Å². The number of rotatable bonds is 2. The molecule has 0 aliphatic heterocycles. The van der Waals surface area contributed by atoms with Gasteiger partial charge in [0, 0.05) is 11.9 Å². The molecule has 2 rings (SSSR count). The summed E-state index contributed by atoms with van der Waals surface area (Å²) in [6.45, 7) is 1.89. The molecule has 1 aromatic heterocycles. The number of pyridine rings is 1. The molecule has 68 valence electrons. The molecule has 0 bridgehead atoms. The quantitative estimate of drug-likeness (QED) is 0.751. The molecule has 1 fully saturated rings. The highest BCUT2D eigenvalue weighted by atomic mass is 16.4. The van der Waals surface area contributed by atoms with E-state index in [1.54, 1.807) is 0 Å². The fourth-order valence-corrected chi connectivity index (χ4v) is 1.49. The third-order valence-corrected chi connectivity index (χ3v) is 2.32. The Labute approximate surface area is 76.4 Å². The van der Waals surface area contributed by atoms with Gasteiger partial charge in [-0.15, -0.1) is 0 Å². The van der Waals surface area contributed by atoms with Gasteiger partial charge in [0.25, 0.3) is 0 Å². The molecule has 13 heavy (non-hydrogen) atoms. The summed E-state index contributed by atoms with van der Waals surface area (Å²) < 4.78 is 0. The highest BCUT2D eigenvalue weighted by molar-refractivity contribution is 5.89. The second kappa shape index (κ2) is 2.83. The summed E-state index contributed by atoms with van der Waals surface area (Å²) in [5, 5.41) is 8.89. The highest BCUT2D eigenvalue weighted by Crippen LogP contribution is 2.41. The number of carboxylic acids is 1. The van der Waals surface area contributed by atoms with E-state index in [0.29, 0.717) is 11.5 Å². The molecule has 1 aromatic rings. The average molecular weight is 177 g/mol. The minimum atomic E-state index is -0.866. The summed E-state index contributed by atoms with van der Waals surface area (Å²) in [5.41, 5.74) is 2.22. The van der Waals surface area contributed by atoms with Gasteiger partial charge in [-0.2, -0.15) is 0 Å². The van der Waals surface area contributed by atoms with Crippen LogP contribution in [0.25, 0.3) is 0 Å². The molecule has 3 nitrogen and oxygen atoms in total. The number of aryl methyl sites for hydroxylation is 1. The SMILES string of the molecule is Cc1cc(C2CC2)c(C(=O)O)cn1. The fraction of sp³-hybridized carbons (Fsp3) is 0.400. The normalized spacial score (nSPS) is 15.8. The van der Waals surface area contributed by atoms with Crippen molar-refractivity contribution in [1.82, 2.24) is 4.98 Å². The first-order valence-corrected chi connectivity index (χ1v) is 4.38. The van der Waals surface area contributed by atoms with Gasteiger partial charge in [-0.1, -0.05) is 0 Å². The van der Waals surface area contributed by atoms with E-state index in [1.165, 1.54) is 6.20 Å². The number of hydrogen-bond donors (Lipinski definition) is 1. The Kier molecular flexibility index (Phi) is 1.79. The number of nitrogens with zero attached hydrogens (tertiary/aromatic N) is 1. The lowest BCUT2D eigenvalue weighted by molar-refractivity contribution is 0.0695. The smallest absolute Gasteiger partial charge is 0.337 e. The average Bonchev–Trinajstić information content (AvgIpc) is 2.85. The summed E-state index contributed by atoms with van der Waals surface area (Å²) in [4.78, 5) is 14.8. The van der Waals surface area contributed by atoms with E-state index >= 15 is 0 Å². The van der Waals surface area contributed by atoms with Gasteiger partial charge >= 0.3 is 5.97 Å². The molecule has 1 aliphatic carbocycles. The lowest BCUT2D eigenvalue weighted by Gasteiger charge is -2.04. The Morgan fingerprint density at radius 2 is 2.31 bits per heavy atom. The zero-order valence-corrected chi connectivity index (χ0v) is 7.45. The molecule has 1 heterocycles. The summed E-state index contributed by atoms with van der Waals surface area (Å²) >= 11 is 0. The van der Waals surface area contributed by atoms with Gasteiger partial charge in [0.15, 0.2) is 0 Å². The molecule has 0 spiro atoms. The van der Waals surface area contributed by atoms with Crippen LogP contribution in [0.5, 0.6) is 0 Å². The van der Waals surface area contributed by atoms with Gasteiger partial charge in [0.2, 0.25) is 0 Å². The summed E-state index contributed by atoms with van der Waals surface area (Å²) in [6.07, 6.45) is 3.69. The molecule has 1 saturated carbocycles. The highest BCUT2D eigenvalue weighted by Gasteiger charge is 2.28. The van der Waals surface area contributed by atoms with Gasteiger partial charge in [-0.05, 0) is 37.3 Å². The number of aromatic carboxylic acids is 1. The van der Waals surface area contributed by atoms with Crippen molar-refractivity contribution in [3.05, 3.63) is 29.1 Å². The zero-order valence-electron chi connectivity index (χ0n) is 7.45. The predicted molar refractivity (Wildman–Crippen MR) is 47.9 cm³/mol. The number of aromatic nitrogens is 1. The van der Waals surface area contributed by atoms with Crippen LogP contribution in [0, 0.1) is 6.92 Å². The van der Waals surface area contributed by atoms with Crippen LogP contribution >= 0.6 is 0 Å². The Hall–Kier alpha value is -1.38. The van der Waals surface area contributed by atoms with E-state index in [9.17, 15) is 4.79 Å². The second-order valence-electron chi connectivity index (χ2n) is 3.49. The molecule has 0 saturated heterocycles. The molecular formula is C10H11NO2. The maximum absolute atomic E-state index is 10.8. The van der Waals surface area contributed by atoms with Crippen molar-refractivity contribution in [1.29, 1.82) is 0 Å². The number of carbonyl (C=O) groups is 1. The van der Waals surface area contributed by atoms with Crippen LogP contribution in [0.1, 0.15) is 40.4 Å². The van der Waals surface area contributed by atoms with Crippen LogP contribution in [0.3, 0.4) is 0 Å². The zero-order chi connectivity index (χ0) is 9.42.